The highest BCUT2D eigenvalue weighted by molar-refractivity contribution is 6.31. The molecule has 1 aromatic carbocycles. The predicted octanol–water partition coefficient (Wildman–Crippen LogP) is 0.948. The number of hydrogen-bond acceptors (Lipinski definition) is 3. The number of likely N-dealkylation sites (tertiary alicyclic amines) is 1. The number of carbonyl (C=O) groups is 3. The predicted molar refractivity (Wildman–Crippen MR) is 99.2 cm³/mol. The standard InChI is InChI=1S/C20H22ClN3O3/c1-3-10(2)24-17(25)15-14-5-4-8-23(14)20(16(15)18(24)26)12-9-11(21)6-7-13(12)22-19(20)27/h6-7,9-10,14-16H,3-5,8H2,1-2H3,(H,22,27)/p+1/t10-,14+,15+,16-,20+/m0/s1. The molecule has 3 saturated heterocycles. The molecule has 142 valence electrons. The lowest BCUT2D eigenvalue weighted by Gasteiger charge is -2.34. The van der Waals surface area contributed by atoms with E-state index in [0.717, 1.165) is 29.8 Å². The van der Waals surface area contributed by atoms with E-state index in [9.17, 15) is 14.4 Å². The molecule has 5 rings (SSSR count). The second-order valence-corrected chi connectivity index (χ2v) is 8.72. The number of carbonyl (C=O) groups excluding carboxylic acids is 3. The van der Waals surface area contributed by atoms with Crippen LogP contribution in [0.25, 0.3) is 0 Å². The number of anilines is 1. The number of benzene rings is 1. The normalized spacial score (nSPS) is 37.6. The van der Waals surface area contributed by atoms with Gasteiger partial charge in [-0.15, -0.1) is 0 Å². The molecule has 0 aromatic heterocycles. The number of hydrogen-bond donors (Lipinski definition) is 2. The van der Waals surface area contributed by atoms with Gasteiger partial charge in [0.25, 0.3) is 5.91 Å². The smallest absolute Gasteiger partial charge is 0.291 e. The van der Waals surface area contributed by atoms with Gasteiger partial charge in [-0.05, 0) is 31.5 Å². The zero-order valence-corrected chi connectivity index (χ0v) is 16.2. The molecule has 1 unspecified atom stereocenters. The van der Waals surface area contributed by atoms with Crippen LogP contribution in [-0.4, -0.2) is 41.2 Å². The Morgan fingerprint density at radius 1 is 1.33 bits per heavy atom. The summed E-state index contributed by atoms with van der Waals surface area (Å²) < 4.78 is 0. The van der Waals surface area contributed by atoms with E-state index in [1.165, 1.54) is 4.90 Å². The van der Waals surface area contributed by atoms with Crippen LogP contribution in [0.15, 0.2) is 18.2 Å². The van der Waals surface area contributed by atoms with Crippen LogP contribution in [0.1, 0.15) is 38.7 Å². The average Bonchev–Trinajstić information content (AvgIpc) is 3.33. The van der Waals surface area contributed by atoms with E-state index < -0.39 is 17.4 Å². The second kappa shape index (κ2) is 5.55. The van der Waals surface area contributed by atoms with Crippen LogP contribution < -0.4 is 10.2 Å². The summed E-state index contributed by atoms with van der Waals surface area (Å²) in [7, 11) is 0. The average molecular weight is 389 g/mol. The minimum atomic E-state index is -1.04. The van der Waals surface area contributed by atoms with Gasteiger partial charge in [-0.1, -0.05) is 18.5 Å². The highest BCUT2D eigenvalue weighted by Crippen LogP contribution is 2.52. The lowest BCUT2D eigenvalue weighted by Crippen LogP contribution is -3.19. The molecule has 1 spiro atoms. The first kappa shape index (κ1) is 17.2. The monoisotopic (exact) mass is 388 g/mol. The minimum Gasteiger partial charge on any atom is -0.320 e. The van der Waals surface area contributed by atoms with E-state index in [4.69, 9.17) is 11.6 Å². The maximum atomic E-state index is 13.5. The van der Waals surface area contributed by atoms with E-state index in [0.29, 0.717) is 17.1 Å². The third-order valence-electron chi connectivity index (χ3n) is 7.24. The van der Waals surface area contributed by atoms with E-state index >= 15 is 0 Å². The Labute approximate surface area is 162 Å². The lowest BCUT2D eigenvalue weighted by molar-refractivity contribution is -0.948. The van der Waals surface area contributed by atoms with Crippen LogP contribution in [0.5, 0.6) is 0 Å². The Morgan fingerprint density at radius 2 is 2.11 bits per heavy atom. The van der Waals surface area contributed by atoms with Gasteiger partial charge in [-0.2, -0.15) is 0 Å². The molecular weight excluding hydrogens is 366 g/mol. The topological polar surface area (TPSA) is 70.9 Å². The Hall–Kier alpha value is -1.92. The van der Waals surface area contributed by atoms with Crippen LogP contribution in [0, 0.1) is 11.8 Å². The quantitative estimate of drug-likeness (QED) is 0.741. The van der Waals surface area contributed by atoms with Crippen molar-refractivity contribution in [2.45, 2.75) is 50.7 Å². The SMILES string of the molecule is CC[C@H](C)N1C(=O)[C@@H]2[C@H]3CCC[NH+]3[C@@]3(C(=O)Nc4ccc(Cl)cc43)[C@@H]2C1=O. The number of quaternary nitrogens is 1. The first-order valence-electron chi connectivity index (χ1n) is 9.77. The van der Waals surface area contributed by atoms with Crippen molar-refractivity contribution in [3.05, 3.63) is 28.8 Å². The number of fused-ring (bicyclic) bond motifs is 7. The van der Waals surface area contributed by atoms with Crippen LogP contribution >= 0.6 is 11.6 Å². The zero-order valence-electron chi connectivity index (χ0n) is 15.4. The van der Waals surface area contributed by atoms with E-state index in [1.54, 1.807) is 12.1 Å². The molecule has 0 aliphatic carbocycles. The molecule has 0 saturated carbocycles. The molecule has 6 atom stereocenters. The molecule has 27 heavy (non-hydrogen) atoms. The van der Waals surface area contributed by atoms with E-state index in [-0.39, 0.29) is 29.8 Å². The van der Waals surface area contributed by atoms with Gasteiger partial charge in [-0.3, -0.25) is 19.3 Å². The minimum absolute atomic E-state index is 0.0104. The van der Waals surface area contributed by atoms with Gasteiger partial charge in [0.2, 0.25) is 17.4 Å². The van der Waals surface area contributed by atoms with E-state index in [2.05, 4.69) is 5.32 Å². The van der Waals surface area contributed by atoms with Crippen molar-refractivity contribution in [1.29, 1.82) is 0 Å². The molecule has 4 heterocycles. The maximum Gasteiger partial charge on any atom is 0.291 e. The Balaban J connectivity index is 1.74. The molecule has 4 aliphatic rings. The molecule has 2 N–H and O–H groups in total. The summed E-state index contributed by atoms with van der Waals surface area (Å²) in [6.07, 6.45) is 2.54. The fourth-order valence-corrected chi connectivity index (χ4v) is 6.24. The highest BCUT2D eigenvalue weighted by Gasteiger charge is 2.78. The molecule has 7 heteroatoms. The largest absolute Gasteiger partial charge is 0.320 e. The number of nitrogens with one attached hydrogen (secondary N) is 2. The van der Waals surface area contributed by atoms with Crippen molar-refractivity contribution < 1.29 is 19.3 Å². The van der Waals surface area contributed by atoms with Crippen LogP contribution in [0.3, 0.4) is 0 Å². The van der Waals surface area contributed by atoms with Crippen molar-refractivity contribution in [3.63, 3.8) is 0 Å². The van der Waals surface area contributed by atoms with Crippen LogP contribution in [-0.2, 0) is 19.9 Å². The third kappa shape index (κ3) is 1.88. The number of rotatable bonds is 2. The molecule has 3 fully saturated rings. The number of halogens is 1. The van der Waals surface area contributed by atoms with Crippen molar-refractivity contribution in [2.24, 2.45) is 11.8 Å². The summed E-state index contributed by atoms with van der Waals surface area (Å²) in [5.74, 6) is -1.51. The van der Waals surface area contributed by atoms with Gasteiger partial charge < -0.3 is 10.2 Å². The summed E-state index contributed by atoms with van der Waals surface area (Å²) in [4.78, 5) is 42.7. The molecular formula is C20H23ClN3O3+. The Morgan fingerprint density at radius 3 is 2.85 bits per heavy atom. The Bertz CT molecular complexity index is 887. The van der Waals surface area contributed by atoms with Gasteiger partial charge >= 0.3 is 0 Å². The molecule has 0 bridgehead atoms. The van der Waals surface area contributed by atoms with Gasteiger partial charge in [0, 0.05) is 29.5 Å². The first-order chi connectivity index (χ1) is 12.9. The number of imide groups is 1. The maximum absolute atomic E-state index is 13.5. The first-order valence-corrected chi connectivity index (χ1v) is 10.1. The van der Waals surface area contributed by atoms with Crippen molar-refractivity contribution in [3.8, 4) is 0 Å². The second-order valence-electron chi connectivity index (χ2n) is 8.28. The number of amides is 3. The molecule has 0 radical (unpaired) electrons. The Kier molecular flexibility index (Phi) is 3.53. The fraction of sp³-hybridized carbons (Fsp3) is 0.550. The molecule has 4 aliphatic heterocycles. The molecule has 1 aromatic rings. The zero-order chi connectivity index (χ0) is 19.1. The van der Waals surface area contributed by atoms with Crippen LogP contribution in [0.2, 0.25) is 5.02 Å². The van der Waals surface area contributed by atoms with Crippen molar-refractivity contribution in [2.75, 3.05) is 11.9 Å². The van der Waals surface area contributed by atoms with E-state index in [1.807, 2.05) is 19.9 Å². The lowest BCUT2D eigenvalue weighted by atomic mass is 9.75. The summed E-state index contributed by atoms with van der Waals surface area (Å²) in [6.45, 7) is 4.67. The summed E-state index contributed by atoms with van der Waals surface area (Å²) >= 11 is 6.27. The van der Waals surface area contributed by atoms with Gasteiger partial charge in [0.1, 0.15) is 17.9 Å². The third-order valence-corrected chi connectivity index (χ3v) is 7.48. The van der Waals surface area contributed by atoms with Crippen molar-refractivity contribution in [1.82, 2.24) is 4.90 Å². The van der Waals surface area contributed by atoms with Crippen LogP contribution in [0.4, 0.5) is 5.69 Å². The summed E-state index contributed by atoms with van der Waals surface area (Å²) in [5, 5.41) is 3.52. The van der Waals surface area contributed by atoms with Gasteiger partial charge in [0.05, 0.1) is 12.2 Å². The molecule has 3 amide bonds. The highest BCUT2D eigenvalue weighted by atomic mass is 35.5. The summed E-state index contributed by atoms with van der Waals surface area (Å²) in [6, 6.07) is 5.21. The van der Waals surface area contributed by atoms with Crippen molar-refractivity contribution >= 4 is 35.0 Å². The molecule has 6 nitrogen and oxygen atoms in total. The summed E-state index contributed by atoms with van der Waals surface area (Å²) in [5.41, 5.74) is 0.452. The van der Waals surface area contributed by atoms with Gasteiger partial charge in [0.15, 0.2) is 0 Å². The fourth-order valence-electron chi connectivity index (χ4n) is 6.07. The van der Waals surface area contributed by atoms with Gasteiger partial charge in [-0.25, -0.2) is 0 Å². The number of nitrogens with zero attached hydrogens (tertiary/aromatic N) is 1.